The molecule has 6 heteroatoms. The van der Waals surface area contributed by atoms with E-state index in [4.69, 9.17) is 4.74 Å². The summed E-state index contributed by atoms with van der Waals surface area (Å²) in [5.41, 5.74) is 3.90. The maximum Gasteiger partial charge on any atom is 0.251 e. The van der Waals surface area contributed by atoms with Crippen LogP contribution < -0.4 is 10.1 Å². The van der Waals surface area contributed by atoms with Crippen LogP contribution in [0.25, 0.3) is 0 Å². The third kappa shape index (κ3) is 6.62. The second kappa shape index (κ2) is 11.1. The van der Waals surface area contributed by atoms with Crippen molar-refractivity contribution < 1.29 is 9.53 Å². The van der Waals surface area contributed by atoms with Crippen LogP contribution in [-0.2, 0) is 13.0 Å². The summed E-state index contributed by atoms with van der Waals surface area (Å²) < 4.78 is 6.18. The highest BCUT2D eigenvalue weighted by atomic mass is 16.5. The molecule has 0 radical (unpaired) electrons. The van der Waals surface area contributed by atoms with Crippen molar-refractivity contribution in [1.29, 1.82) is 0 Å². The Kier molecular flexibility index (Phi) is 7.68. The van der Waals surface area contributed by atoms with Crippen molar-refractivity contribution in [3.8, 4) is 5.75 Å². The van der Waals surface area contributed by atoms with Gasteiger partial charge in [-0.2, -0.15) is 0 Å². The number of benzene rings is 1. The van der Waals surface area contributed by atoms with Crippen molar-refractivity contribution >= 4 is 5.91 Å². The number of aromatic nitrogens is 2. The number of carbonyl (C=O) groups excluding carboxylic acids is 1. The summed E-state index contributed by atoms with van der Waals surface area (Å²) in [5, 5.41) is 3.07. The summed E-state index contributed by atoms with van der Waals surface area (Å²) in [6, 6.07) is 17.5. The number of piperidine rings is 1. The lowest BCUT2D eigenvalue weighted by molar-refractivity contribution is 0.0937. The molecule has 1 saturated heterocycles. The lowest BCUT2D eigenvalue weighted by Crippen LogP contribution is -2.38. The molecule has 6 nitrogen and oxygen atoms in total. The Bertz CT molecular complexity index is 1030. The molecule has 0 bridgehead atoms. The van der Waals surface area contributed by atoms with Crippen LogP contribution in [0.5, 0.6) is 5.75 Å². The van der Waals surface area contributed by atoms with E-state index in [0.29, 0.717) is 12.0 Å². The normalized spacial score (nSPS) is 15.7. The maximum atomic E-state index is 12.6. The van der Waals surface area contributed by atoms with Crippen LogP contribution in [0.4, 0.5) is 0 Å². The molecular weight excluding hydrogens is 412 g/mol. The van der Waals surface area contributed by atoms with Gasteiger partial charge in [-0.25, -0.2) is 0 Å². The summed E-state index contributed by atoms with van der Waals surface area (Å²) in [7, 11) is 0. The van der Waals surface area contributed by atoms with Gasteiger partial charge in [-0.05, 0) is 74.7 Å². The van der Waals surface area contributed by atoms with Crippen LogP contribution in [0.15, 0.2) is 67.0 Å². The molecule has 1 aliphatic heterocycles. The van der Waals surface area contributed by atoms with Gasteiger partial charge < -0.3 is 10.1 Å². The molecule has 33 heavy (non-hydrogen) atoms. The molecular formula is C27H32N4O2. The van der Waals surface area contributed by atoms with E-state index in [-0.39, 0.29) is 18.1 Å². The molecule has 1 fully saturated rings. The fourth-order valence-corrected chi connectivity index (χ4v) is 4.16. The molecule has 2 aromatic heterocycles. The molecule has 4 rings (SSSR count). The number of aryl methyl sites for hydroxylation is 1. The third-order valence-electron chi connectivity index (χ3n) is 6.06. The Morgan fingerprint density at radius 2 is 1.82 bits per heavy atom. The van der Waals surface area contributed by atoms with Gasteiger partial charge in [0.1, 0.15) is 11.9 Å². The zero-order valence-electron chi connectivity index (χ0n) is 19.4. The van der Waals surface area contributed by atoms with Crippen molar-refractivity contribution in [2.24, 2.45) is 0 Å². The number of nitrogens with one attached hydrogen (secondary N) is 1. The van der Waals surface area contributed by atoms with E-state index in [0.717, 1.165) is 55.2 Å². The molecule has 1 amide bonds. The minimum Gasteiger partial charge on any atom is -0.490 e. The average Bonchev–Trinajstić information content (AvgIpc) is 2.83. The Morgan fingerprint density at radius 3 is 2.52 bits per heavy atom. The maximum absolute atomic E-state index is 12.6. The van der Waals surface area contributed by atoms with E-state index in [1.165, 1.54) is 0 Å². The first-order chi connectivity index (χ1) is 16.1. The molecule has 1 aromatic carbocycles. The molecule has 1 N–H and O–H groups in total. The van der Waals surface area contributed by atoms with Gasteiger partial charge in [0.15, 0.2) is 0 Å². The number of pyridine rings is 2. The van der Waals surface area contributed by atoms with Gasteiger partial charge in [-0.1, -0.05) is 12.1 Å². The van der Waals surface area contributed by atoms with Crippen molar-refractivity contribution in [2.75, 3.05) is 13.1 Å². The average molecular weight is 445 g/mol. The number of rotatable bonds is 8. The predicted molar refractivity (Wildman–Crippen MR) is 129 cm³/mol. The number of ether oxygens (including phenoxy) is 1. The van der Waals surface area contributed by atoms with Gasteiger partial charge in [0, 0.05) is 55.7 Å². The number of carbonyl (C=O) groups is 1. The number of hydrogen-bond donors (Lipinski definition) is 1. The lowest BCUT2D eigenvalue weighted by atomic mass is 10.1. The van der Waals surface area contributed by atoms with E-state index in [1.807, 2.05) is 68.6 Å². The van der Waals surface area contributed by atoms with Gasteiger partial charge in [-0.15, -0.1) is 0 Å². The number of likely N-dealkylation sites (tertiary alicyclic amines) is 1. The fourth-order valence-electron chi connectivity index (χ4n) is 4.16. The van der Waals surface area contributed by atoms with Gasteiger partial charge in [-0.3, -0.25) is 19.7 Å². The number of hydrogen-bond acceptors (Lipinski definition) is 5. The fraction of sp³-hybridized carbons (Fsp3) is 0.370. The quantitative estimate of drug-likeness (QED) is 0.564. The second-order valence-corrected chi connectivity index (χ2v) is 8.78. The zero-order chi connectivity index (χ0) is 23.0. The third-order valence-corrected chi connectivity index (χ3v) is 6.06. The molecule has 3 aromatic rings. The topological polar surface area (TPSA) is 67.3 Å². The highest BCUT2D eigenvalue weighted by molar-refractivity contribution is 5.94. The van der Waals surface area contributed by atoms with Gasteiger partial charge in [0.25, 0.3) is 5.91 Å². The smallest absolute Gasteiger partial charge is 0.251 e. The van der Waals surface area contributed by atoms with Crippen LogP contribution >= 0.6 is 0 Å². The Morgan fingerprint density at radius 1 is 1.06 bits per heavy atom. The first kappa shape index (κ1) is 22.9. The van der Waals surface area contributed by atoms with Gasteiger partial charge >= 0.3 is 0 Å². The van der Waals surface area contributed by atoms with E-state index in [9.17, 15) is 4.79 Å². The van der Waals surface area contributed by atoms with Crippen LogP contribution in [0.2, 0.25) is 0 Å². The van der Waals surface area contributed by atoms with Gasteiger partial charge in [0.2, 0.25) is 0 Å². The van der Waals surface area contributed by atoms with E-state index in [1.54, 1.807) is 6.20 Å². The lowest BCUT2D eigenvalue weighted by Gasteiger charge is -2.31. The van der Waals surface area contributed by atoms with Crippen LogP contribution in [0.1, 0.15) is 47.1 Å². The second-order valence-electron chi connectivity index (χ2n) is 8.78. The predicted octanol–water partition coefficient (Wildman–Crippen LogP) is 4.19. The number of amides is 1. The molecule has 1 atom stereocenters. The van der Waals surface area contributed by atoms with Crippen molar-refractivity contribution in [2.45, 2.75) is 51.8 Å². The molecule has 0 saturated carbocycles. The summed E-state index contributed by atoms with van der Waals surface area (Å²) in [4.78, 5) is 23.9. The summed E-state index contributed by atoms with van der Waals surface area (Å²) in [6.07, 6.45) is 6.51. The van der Waals surface area contributed by atoms with E-state index < -0.39 is 0 Å². The standard InChI is InChI=1S/C27H32N4O2/c1-20-6-5-15-29-26(20)18-21(2)30-27(32)22-8-10-24(11-9-22)33-25-12-16-31(17-13-25)19-23-7-3-4-14-28-23/h3-11,14-15,21,25H,12-13,16-19H2,1-2H3,(H,30,32). The highest BCUT2D eigenvalue weighted by Crippen LogP contribution is 2.20. The van der Waals surface area contributed by atoms with Crippen molar-refractivity contribution in [1.82, 2.24) is 20.2 Å². The van der Waals surface area contributed by atoms with E-state index in [2.05, 4.69) is 26.3 Å². The summed E-state index contributed by atoms with van der Waals surface area (Å²) >= 11 is 0. The van der Waals surface area contributed by atoms with Crippen molar-refractivity contribution in [3.63, 3.8) is 0 Å². The Hall–Kier alpha value is -3.25. The zero-order valence-corrected chi connectivity index (χ0v) is 19.4. The minimum atomic E-state index is -0.0783. The van der Waals surface area contributed by atoms with Crippen LogP contribution in [0.3, 0.4) is 0 Å². The molecule has 0 spiro atoms. The Balaban J connectivity index is 1.23. The summed E-state index contributed by atoms with van der Waals surface area (Å²) in [6.45, 7) is 6.92. The van der Waals surface area contributed by atoms with Crippen LogP contribution in [-0.4, -0.2) is 46.0 Å². The molecule has 0 aliphatic carbocycles. The molecule has 3 heterocycles. The largest absolute Gasteiger partial charge is 0.490 e. The van der Waals surface area contributed by atoms with Gasteiger partial charge in [0.05, 0.1) is 5.69 Å². The SMILES string of the molecule is Cc1cccnc1CC(C)NC(=O)c1ccc(OC2CCN(Cc3ccccn3)CC2)cc1. The first-order valence-electron chi connectivity index (χ1n) is 11.7. The molecule has 172 valence electrons. The first-order valence-corrected chi connectivity index (χ1v) is 11.7. The minimum absolute atomic E-state index is 0.00158. The van der Waals surface area contributed by atoms with E-state index >= 15 is 0 Å². The monoisotopic (exact) mass is 444 g/mol. The Labute approximate surface area is 196 Å². The van der Waals surface area contributed by atoms with Crippen LogP contribution in [0, 0.1) is 6.92 Å². The highest BCUT2D eigenvalue weighted by Gasteiger charge is 2.21. The summed E-state index contributed by atoms with van der Waals surface area (Å²) in [5.74, 6) is 0.734. The molecule has 1 unspecified atom stereocenters. The number of nitrogens with zero attached hydrogens (tertiary/aromatic N) is 3. The van der Waals surface area contributed by atoms with Crippen molar-refractivity contribution in [3.05, 3.63) is 89.5 Å². The molecule has 1 aliphatic rings.